The molecule has 3 aromatic heterocycles. The van der Waals surface area contributed by atoms with Crippen LogP contribution in [0.15, 0.2) is 48.0 Å². The minimum absolute atomic E-state index is 0.197. The molecule has 39 heavy (non-hydrogen) atoms. The zero-order chi connectivity index (χ0) is 26.9. The maximum Gasteiger partial charge on any atom is 0.222 e. The molecule has 1 fully saturated rings. The molecule has 0 radical (unpaired) electrons. The van der Waals surface area contributed by atoms with Crippen LogP contribution >= 0.6 is 11.3 Å². The zero-order valence-corrected chi connectivity index (χ0v) is 23.3. The molecule has 1 aliphatic heterocycles. The van der Waals surface area contributed by atoms with E-state index in [9.17, 15) is 4.79 Å². The van der Waals surface area contributed by atoms with Gasteiger partial charge in [0, 0.05) is 76.8 Å². The molecule has 0 spiro atoms. The summed E-state index contributed by atoms with van der Waals surface area (Å²) < 4.78 is 18.6. The van der Waals surface area contributed by atoms with Gasteiger partial charge in [-0.25, -0.2) is 4.98 Å². The third-order valence-electron chi connectivity index (χ3n) is 7.43. The standard InChI is InChI=1S/C30H32N4O4S/c1-19-29(23-15-20(36-2)7-9-25(23)31-19)26-18-39-30(32-26)24-17-34(27-16-21(37-3)6-8-22(24)27)10-4-5-28(35)33-11-13-38-14-12-33/h6-9,15-18,31H,4-5,10-14H2,1-3H3. The Morgan fingerprint density at radius 3 is 2.64 bits per heavy atom. The van der Waals surface area contributed by atoms with Crippen LogP contribution in [0.1, 0.15) is 18.5 Å². The number of ether oxygens (including phenoxy) is 3. The molecule has 0 saturated carbocycles. The molecular weight excluding hydrogens is 512 g/mol. The number of carbonyl (C=O) groups excluding carboxylic acids is 1. The van der Waals surface area contributed by atoms with Crippen LogP contribution in [0.5, 0.6) is 11.5 Å². The normalized spacial score (nSPS) is 13.9. The topological polar surface area (TPSA) is 81.6 Å². The number of rotatable bonds is 8. The van der Waals surface area contributed by atoms with E-state index in [1.165, 1.54) is 0 Å². The fraction of sp³-hybridized carbons (Fsp3) is 0.333. The SMILES string of the molecule is COc1ccc2[nH]c(C)c(-c3csc(-c4cn(CCCC(=O)N5CCOCC5)c5cc(OC)ccc45)n3)c2c1. The van der Waals surface area contributed by atoms with E-state index in [2.05, 4.69) is 46.3 Å². The van der Waals surface area contributed by atoms with Crippen molar-refractivity contribution in [1.29, 1.82) is 0 Å². The number of benzene rings is 2. The van der Waals surface area contributed by atoms with Crippen molar-refractivity contribution in [3.8, 4) is 33.3 Å². The van der Waals surface area contributed by atoms with Crippen molar-refractivity contribution in [2.45, 2.75) is 26.3 Å². The fourth-order valence-corrected chi connectivity index (χ4v) is 6.24. The summed E-state index contributed by atoms with van der Waals surface area (Å²) >= 11 is 1.64. The molecule has 4 heterocycles. The highest BCUT2D eigenvalue weighted by Gasteiger charge is 2.20. The number of hydrogen-bond acceptors (Lipinski definition) is 6. The van der Waals surface area contributed by atoms with Crippen LogP contribution in [0, 0.1) is 6.92 Å². The van der Waals surface area contributed by atoms with Crippen LogP contribution in [0.4, 0.5) is 0 Å². The van der Waals surface area contributed by atoms with Gasteiger partial charge >= 0.3 is 0 Å². The van der Waals surface area contributed by atoms with Crippen molar-refractivity contribution < 1.29 is 19.0 Å². The number of hydrogen-bond donors (Lipinski definition) is 1. The Bertz CT molecular complexity index is 1640. The lowest BCUT2D eigenvalue weighted by Gasteiger charge is -2.26. The molecule has 0 unspecified atom stereocenters. The smallest absolute Gasteiger partial charge is 0.222 e. The summed E-state index contributed by atoms with van der Waals surface area (Å²) in [6.45, 7) is 5.43. The van der Waals surface area contributed by atoms with E-state index in [-0.39, 0.29) is 5.91 Å². The first kappa shape index (κ1) is 25.5. The van der Waals surface area contributed by atoms with Crippen LogP contribution < -0.4 is 9.47 Å². The summed E-state index contributed by atoms with van der Waals surface area (Å²) in [5.41, 5.74) is 6.34. The first-order valence-electron chi connectivity index (χ1n) is 13.2. The van der Waals surface area contributed by atoms with Crippen molar-refractivity contribution >= 4 is 39.0 Å². The average Bonchev–Trinajstić information content (AvgIpc) is 3.67. The minimum atomic E-state index is 0.197. The van der Waals surface area contributed by atoms with Crippen molar-refractivity contribution in [2.75, 3.05) is 40.5 Å². The molecule has 9 heteroatoms. The Morgan fingerprint density at radius 2 is 1.85 bits per heavy atom. The number of morpholine rings is 1. The highest BCUT2D eigenvalue weighted by molar-refractivity contribution is 7.13. The van der Waals surface area contributed by atoms with Crippen molar-refractivity contribution in [1.82, 2.24) is 19.4 Å². The quantitative estimate of drug-likeness (QED) is 0.264. The molecule has 6 rings (SSSR count). The lowest BCUT2D eigenvalue weighted by Crippen LogP contribution is -2.40. The monoisotopic (exact) mass is 544 g/mol. The predicted molar refractivity (Wildman–Crippen MR) is 155 cm³/mol. The lowest BCUT2D eigenvalue weighted by molar-refractivity contribution is -0.135. The Balaban J connectivity index is 1.31. The van der Waals surface area contributed by atoms with Gasteiger partial charge in [-0.1, -0.05) is 0 Å². The van der Waals surface area contributed by atoms with Gasteiger partial charge in [0.2, 0.25) is 5.91 Å². The molecule has 1 N–H and O–H groups in total. The maximum absolute atomic E-state index is 12.7. The number of thiazole rings is 1. The van der Waals surface area contributed by atoms with E-state index >= 15 is 0 Å². The average molecular weight is 545 g/mol. The summed E-state index contributed by atoms with van der Waals surface area (Å²) in [7, 11) is 3.37. The number of amides is 1. The van der Waals surface area contributed by atoms with E-state index in [0.717, 1.165) is 73.8 Å². The number of aryl methyl sites for hydroxylation is 2. The van der Waals surface area contributed by atoms with Gasteiger partial charge in [0.25, 0.3) is 0 Å². The van der Waals surface area contributed by atoms with Gasteiger partial charge in [-0.3, -0.25) is 4.79 Å². The second-order valence-corrected chi connectivity index (χ2v) is 10.6. The second kappa shape index (κ2) is 10.7. The summed E-state index contributed by atoms with van der Waals surface area (Å²) in [5, 5.41) is 5.30. The number of methoxy groups -OCH3 is 2. The van der Waals surface area contributed by atoms with E-state index in [4.69, 9.17) is 19.2 Å². The molecule has 5 aromatic rings. The van der Waals surface area contributed by atoms with Gasteiger partial charge in [0.05, 0.1) is 38.6 Å². The van der Waals surface area contributed by atoms with E-state index in [1.54, 1.807) is 25.6 Å². The van der Waals surface area contributed by atoms with E-state index in [0.29, 0.717) is 32.7 Å². The number of nitrogens with one attached hydrogen (secondary N) is 1. The largest absolute Gasteiger partial charge is 0.497 e. The van der Waals surface area contributed by atoms with E-state index < -0.39 is 0 Å². The number of fused-ring (bicyclic) bond motifs is 2. The third-order valence-corrected chi connectivity index (χ3v) is 8.30. The highest BCUT2D eigenvalue weighted by atomic mass is 32.1. The summed E-state index contributed by atoms with van der Waals surface area (Å²) in [5.74, 6) is 1.83. The first-order valence-corrected chi connectivity index (χ1v) is 14.1. The Hall–Kier alpha value is -3.82. The molecule has 202 valence electrons. The Kier molecular flexibility index (Phi) is 7.01. The summed E-state index contributed by atoms with van der Waals surface area (Å²) in [6, 6.07) is 12.2. The fourth-order valence-electron chi connectivity index (χ4n) is 5.40. The lowest BCUT2D eigenvalue weighted by atomic mass is 10.1. The van der Waals surface area contributed by atoms with Crippen LogP contribution in [-0.2, 0) is 16.1 Å². The number of aromatic amines is 1. The molecule has 2 aromatic carbocycles. The van der Waals surface area contributed by atoms with Gasteiger partial charge in [-0.2, -0.15) is 0 Å². The molecular formula is C30H32N4O4S. The van der Waals surface area contributed by atoms with Gasteiger partial charge in [-0.05, 0) is 43.7 Å². The van der Waals surface area contributed by atoms with Gasteiger partial charge in [0.15, 0.2) is 0 Å². The number of carbonyl (C=O) groups is 1. The van der Waals surface area contributed by atoms with Crippen molar-refractivity contribution in [3.63, 3.8) is 0 Å². The molecule has 1 saturated heterocycles. The van der Waals surface area contributed by atoms with Crippen LogP contribution in [-0.4, -0.2) is 65.9 Å². The van der Waals surface area contributed by atoms with Crippen LogP contribution in [0.2, 0.25) is 0 Å². The molecule has 8 nitrogen and oxygen atoms in total. The van der Waals surface area contributed by atoms with Gasteiger partial charge in [0.1, 0.15) is 16.5 Å². The van der Waals surface area contributed by atoms with Crippen molar-refractivity contribution in [3.05, 3.63) is 53.7 Å². The second-order valence-electron chi connectivity index (χ2n) is 9.79. The molecule has 0 atom stereocenters. The van der Waals surface area contributed by atoms with Crippen molar-refractivity contribution in [2.24, 2.45) is 0 Å². The highest BCUT2D eigenvalue weighted by Crippen LogP contribution is 2.39. The summed E-state index contributed by atoms with van der Waals surface area (Å²) in [6.07, 6.45) is 3.44. The minimum Gasteiger partial charge on any atom is -0.497 e. The maximum atomic E-state index is 12.7. The summed E-state index contributed by atoms with van der Waals surface area (Å²) in [4.78, 5) is 23.2. The number of nitrogens with zero attached hydrogens (tertiary/aromatic N) is 3. The van der Waals surface area contributed by atoms with Gasteiger partial charge < -0.3 is 28.7 Å². The van der Waals surface area contributed by atoms with E-state index in [1.807, 2.05) is 23.1 Å². The first-order chi connectivity index (χ1) is 19.1. The molecule has 0 aliphatic carbocycles. The molecule has 1 aliphatic rings. The Labute approximate surface area is 231 Å². The van der Waals surface area contributed by atoms with Crippen LogP contribution in [0.3, 0.4) is 0 Å². The zero-order valence-electron chi connectivity index (χ0n) is 22.5. The third kappa shape index (κ3) is 4.88. The molecule has 1 amide bonds. The number of H-pyrrole nitrogens is 1. The van der Waals surface area contributed by atoms with Gasteiger partial charge in [-0.15, -0.1) is 11.3 Å². The Morgan fingerprint density at radius 1 is 1.08 bits per heavy atom. The molecule has 0 bridgehead atoms. The van der Waals surface area contributed by atoms with Crippen LogP contribution in [0.25, 0.3) is 43.6 Å². The number of aromatic nitrogens is 3. The predicted octanol–water partition coefficient (Wildman–Crippen LogP) is 5.88.